The lowest BCUT2D eigenvalue weighted by molar-refractivity contribution is 0.0945. The van der Waals surface area contributed by atoms with Crippen LogP contribution in [0.5, 0.6) is 0 Å². The van der Waals surface area contributed by atoms with Gasteiger partial charge < -0.3 is 4.90 Å². The Hall–Kier alpha value is -0.0800. The number of unbranched alkanes of at least 4 members (excludes halogenated alkanes) is 1. The van der Waals surface area contributed by atoms with Crippen molar-refractivity contribution >= 4 is 0 Å². The molecule has 90 valence electrons. The van der Waals surface area contributed by atoms with Crippen LogP contribution in [0.3, 0.4) is 0 Å². The highest BCUT2D eigenvalue weighted by atomic mass is 15.2. The summed E-state index contributed by atoms with van der Waals surface area (Å²) in [6, 6.07) is 1.51. The van der Waals surface area contributed by atoms with E-state index in [1.54, 1.807) is 0 Å². The van der Waals surface area contributed by atoms with Gasteiger partial charge in [-0.3, -0.25) is 4.90 Å². The Morgan fingerprint density at radius 3 is 2.73 bits per heavy atom. The van der Waals surface area contributed by atoms with Crippen molar-refractivity contribution < 1.29 is 0 Å². The van der Waals surface area contributed by atoms with Gasteiger partial charge >= 0.3 is 0 Å². The van der Waals surface area contributed by atoms with Gasteiger partial charge in [-0.2, -0.15) is 0 Å². The van der Waals surface area contributed by atoms with Crippen molar-refractivity contribution in [3.63, 3.8) is 0 Å². The monoisotopic (exact) mass is 212 g/mol. The van der Waals surface area contributed by atoms with Crippen LogP contribution >= 0.6 is 0 Å². The van der Waals surface area contributed by atoms with E-state index in [2.05, 4.69) is 37.6 Å². The standard InChI is InChI=1S/C13H28N2/c1-5-6-9-14(4)13-8-7-10-15(11-13)12(2)3/h12-13H,5-11H2,1-4H3/t13-/m1/s1. The molecule has 1 rings (SSSR count). The molecule has 1 fully saturated rings. The molecule has 2 nitrogen and oxygen atoms in total. The van der Waals surface area contributed by atoms with Gasteiger partial charge in [-0.25, -0.2) is 0 Å². The Bertz CT molecular complexity index is 168. The van der Waals surface area contributed by atoms with E-state index >= 15 is 0 Å². The molecule has 0 spiro atoms. The second-order valence-electron chi connectivity index (χ2n) is 5.22. The molecule has 0 N–H and O–H groups in total. The average Bonchev–Trinajstić information content (AvgIpc) is 2.26. The van der Waals surface area contributed by atoms with Crippen LogP contribution < -0.4 is 0 Å². The third kappa shape index (κ3) is 4.12. The Labute approximate surface area is 95.6 Å². The lowest BCUT2D eigenvalue weighted by Crippen LogP contribution is -2.48. The maximum absolute atomic E-state index is 2.62. The van der Waals surface area contributed by atoms with E-state index in [-0.39, 0.29) is 0 Å². The van der Waals surface area contributed by atoms with Crippen molar-refractivity contribution in [1.29, 1.82) is 0 Å². The number of likely N-dealkylation sites (tertiary alicyclic amines) is 1. The fourth-order valence-electron chi connectivity index (χ4n) is 2.40. The van der Waals surface area contributed by atoms with Gasteiger partial charge in [0.05, 0.1) is 0 Å². The van der Waals surface area contributed by atoms with Gasteiger partial charge in [0.1, 0.15) is 0 Å². The van der Waals surface area contributed by atoms with Gasteiger partial charge in [0.25, 0.3) is 0 Å². The normalized spacial score (nSPS) is 24.0. The van der Waals surface area contributed by atoms with Crippen molar-refractivity contribution in [3.05, 3.63) is 0 Å². The van der Waals surface area contributed by atoms with Crippen molar-refractivity contribution in [2.24, 2.45) is 0 Å². The summed E-state index contributed by atoms with van der Waals surface area (Å²) in [7, 11) is 2.30. The molecule has 1 aliphatic heterocycles. The first-order chi connectivity index (χ1) is 7.15. The van der Waals surface area contributed by atoms with Gasteiger partial charge in [-0.1, -0.05) is 13.3 Å². The van der Waals surface area contributed by atoms with E-state index in [4.69, 9.17) is 0 Å². The molecule has 0 aromatic carbocycles. The summed E-state index contributed by atoms with van der Waals surface area (Å²) >= 11 is 0. The third-order valence-corrected chi connectivity index (χ3v) is 3.65. The average molecular weight is 212 g/mol. The van der Waals surface area contributed by atoms with Gasteiger partial charge in [-0.05, 0) is 53.2 Å². The van der Waals surface area contributed by atoms with Crippen LogP contribution in [0.2, 0.25) is 0 Å². The molecule has 1 aliphatic rings. The third-order valence-electron chi connectivity index (χ3n) is 3.65. The Kier molecular flexibility index (Phi) is 5.62. The van der Waals surface area contributed by atoms with E-state index in [1.807, 2.05) is 0 Å². The van der Waals surface area contributed by atoms with Crippen LogP contribution in [0.25, 0.3) is 0 Å². The maximum atomic E-state index is 2.62. The Balaban J connectivity index is 2.34. The number of rotatable bonds is 5. The van der Waals surface area contributed by atoms with E-state index in [0.717, 1.165) is 6.04 Å². The summed E-state index contributed by atoms with van der Waals surface area (Å²) in [6.07, 6.45) is 5.42. The maximum Gasteiger partial charge on any atom is 0.0220 e. The predicted octanol–water partition coefficient (Wildman–Crippen LogP) is 2.59. The molecule has 0 unspecified atom stereocenters. The first-order valence-corrected chi connectivity index (χ1v) is 6.59. The molecule has 1 atom stereocenters. The van der Waals surface area contributed by atoms with Crippen molar-refractivity contribution in [2.45, 2.75) is 58.5 Å². The van der Waals surface area contributed by atoms with Gasteiger partial charge in [0.15, 0.2) is 0 Å². The highest BCUT2D eigenvalue weighted by Crippen LogP contribution is 2.17. The highest BCUT2D eigenvalue weighted by Gasteiger charge is 2.23. The van der Waals surface area contributed by atoms with Gasteiger partial charge in [0.2, 0.25) is 0 Å². The summed E-state index contributed by atoms with van der Waals surface area (Å²) in [5, 5.41) is 0. The van der Waals surface area contributed by atoms with Gasteiger partial charge in [0, 0.05) is 18.6 Å². The molecule has 2 heteroatoms. The lowest BCUT2D eigenvalue weighted by Gasteiger charge is -2.39. The van der Waals surface area contributed by atoms with Crippen LogP contribution in [-0.2, 0) is 0 Å². The molecule has 0 amide bonds. The lowest BCUT2D eigenvalue weighted by atomic mass is 10.0. The zero-order valence-corrected chi connectivity index (χ0v) is 11.0. The van der Waals surface area contributed by atoms with Crippen molar-refractivity contribution in [1.82, 2.24) is 9.80 Å². The van der Waals surface area contributed by atoms with Gasteiger partial charge in [-0.15, -0.1) is 0 Å². The Morgan fingerprint density at radius 1 is 1.40 bits per heavy atom. The zero-order valence-electron chi connectivity index (χ0n) is 11.0. The number of nitrogens with zero attached hydrogens (tertiary/aromatic N) is 2. The number of hydrogen-bond acceptors (Lipinski definition) is 2. The summed E-state index contributed by atoms with van der Waals surface area (Å²) in [6.45, 7) is 10.7. The first-order valence-electron chi connectivity index (χ1n) is 6.59. The second kappa shape index (κ2) is 6.49. The molecule has 1 saturated heterocycles. The number of likely N-dealkylation sites (N-methyl/N-ethyl adjacent to an activating group) is 1. The van der Waals surface area contributed by atoms with Crippen molar-refractivity contribution in [2.75, 3.05) is 26.7 Å². The molecule has 0 bridgehead atoms. The molecule has 15 heavy (non-hydrogen) atoms. The summed E-state index contributed by atoms with van der Waals surface area (Å²) in [5.41, 5.74) is 0. The topological polar surface area (TPSA) is 6.48 Å². The summed E-state index contributed by atoms with van der Waals surface area (Å²) in [5.74, 6) is 0. The quantitative estimate of drug-likeness (QED) is 0.691. The fraction of sp³-hybridized carbons (Fsp3) is 1.00. The molecular weight excluding hydrogens is 184 g/mol. The van der Waals surface area contributed by atoms with Crippen LogP contribution in [0.4, 0.5) is 0 Å². The van der Waals surface area contributed by atoms with Crippen LogP contribution in [0.15, 0.2) is 0 Å². The zero-order chi connectivity index (χ0) is 11.3. The second-order valence-corrected chi connectivity index (χ2v) is 5.22. The molecule has 1 heterocycles. The minimum atomic E-state index is 0.715. The minimum Gasteiger partial charge on any atom is -0.302 e. The fourth-order valence-corrected chi connectivity index (χ4v) is 2.40. The van der Waals surface area contributed by atoms with E-state index in [0.29, 0.717) is 6.04 Å². The number of piperidine rings is 1. The minimum absolute atomic E-state index is 0.715. The van der Waals surface area contributed by atoms with Crippen molar-refractivity contribution in [3.8, 4) is 0 Å². The molecule has 0 aromatic heterocycles. The van der Waals surface area contributed by atoms with E-state index in [9.17, 15) is 0 Å². The highest BCUT2D eigenvalue weighted by molar-refractivity contribution is 4.80. The molecular formula is C13H28N2. The Morgan fingerprint density at radius 2 is 2.13 bits per heavy atom. The van der Waals surface area contributed by atoms with E-state index in [1.165, 1.54) is 45.3 Å². The molecule has 0 aliphatic carbocycles. The van der Waals surface area contributed by atoms with Crippen LogP contribution in [0, 0.1) is 0 Å². The van der Waals surface area contributed by atoms with Crippen LogP contribution in [0.1, 0.15) is 46.5 Å². The van der Waals surface area contributed by atoms with Crippen LogP contribution in [-0.4, -0.2) is 48.6 Å². The number of hydrogen-bond donors (Lipinski definition) is 0. The molecule has 0 radical (unpaired) electrons. The molecule has 0 aromatic rings. The molecule has 0 saturated carbocycles. The summed E-state index contributed by atoms with van der Waals surface area (Å²) in [4.78, 5) is 5.19. The summed E-state index contributed by atoms with van der Waals surface area (Å²) < 4.78 is 0. The SMILES string of the molecule is CCCCN(C)[C@@H]1CCCN(C(C)C)C1. The first kappa shape index (κ1) is 13.0. The van der Waals surface area contributed by atoms with E-state index < -0.39 is 0 Å². The smallest absolute Gasteiger partial charge is 0.0220 e. The largest absolute Gasteiger partial charge is 0.302 e. The predicted molar refractivity (Wildman–Crippen MR) is 67.3 cm³/mol.